The predicted molar refractivity (Wildman–Crippen MR) is 96.7 cm³/mol. The molecule has 0 fully saturated rings. The molecule has 0 saturated carbocycles. The predicted octanol–water partition coefficient (Wildman–Crippen LogP) is 3.08. The molecule has 0 heterocycles. The van der Waals surface area contributed by atoms with Crippen molar-refractivity contribution in [3.05, 3.63) is 34.3 Å². The van der Waals surface area contributed by atoms with E-state index in [0.717, 1.165) is 9.37 Å². The van der Waals surface area contributed by atoms with Crippen LogP contribution in [0.15, 0.2) is 28.7 Å². The van der Waals surface area contributed by atoms with Crippen molar-refractivity contribution in [2.24, 2.45) is 5.73 Å². The first-order chi connectivity index (χ1) is 10.0. The summed E-state index contributed by atoms with van der Waals surface area (Å²) in [7, 11) is 1.34. The minimum absolute atomic E-state index is 0. The molecule has 0 bridgehead atoms. The standard InChI is InChI=1S/C14H19BrF3N3O.2ClH/c1-13(19,10-3-5-11(15)6-4-10)12(22)20-7-8-21(2)9-14(16,17)18;;/h3-6H,7-9,19H2,1-2H3,(H,20,22);2*1H. The molecule has 1 aromatic carbocycles. The molecule has 0 aromatic heterocycles. The van der Waals surface area contributed by atoms with E-state index in [1.54, 1.807) is 31.2 Å². The van der Waals surface area contributed by atoms with Crippen LogP contribution in [0.5, 0.6) is 0 Å². The van der Waals surface area contributed by atoms with E-state index in [1.165, 1.54) is 7.05 Å². The van der Waals surface area contributed by atoms with Gasteiger partial charge in [0, 0.05) is 17.6 Å². The Morgan fingerprint density at radius 2 is 1.75 bits per heavy atom. The van der Waals surface area contributed by atoms with Crippen LogP contribution in [0.25, 0.3) is 0 Å². The smallest absolute Gasteiger partial charge is 0.353 e. The van der Waals surface area contributed by atoms with E-state index >= 15 is 0 Å². The zero-order valence-electron chi connectivity index (χ0n) is 13.2. The number of rotatable bonds is 6. The van der Waals surface area contributed by atoms with E-state index in [9.17, 15) is 18.0 Å². The lowest BCUT2D eigenvalue weighted by molar-refractivity contribution is -0.142. The van der Waals surface area contributed by atoms with Gasteiger partial charge in [0.15, 0.2) is 0 Å². The minimum Gasteiger partial charge on any atom is -0.353 e. The number of nitrogens with zero attached hydrogens (tertiary/aromatic N) is 1. The summed E-state index contributed by atoms with van der Waals surface area (Å²) in [6, 6.07) is 6.98. The molecule has 1 rings (SSSR count). The van der Waals surface area contributed by atoms with E-state index in [4.69, 9.17) is 5.73 Å². The fourth-order valence-electron chi connectivity index (χ4n) is 1.86. The summed E-state index contributed by atoms with van der Waals surface area (Å²) in [6.45, 7) is 0.719. The van der Waals surface area contributed by atoms with Gasteiger partial charge in [-0.1, -0.05) is 28.1 Å². The molecule has 3 N–H and O–H groups in total. The highest BCUT2D eigenvalue weighted by Gasteiger charge is 2.31. The third-order valence-electron chi connectivity index (χ3n) is 3.14. The zero-order chi connectivity index (χ0) is 17.0. The monoisotopic (exact) mass is 453 g/mol. The quantitative estimate of drug-likeness (QED) is 0.694. The first-order valence-electron chi connectivity index (χ1n) is 6.61. The number of halogens is 6. The fraction of sp³-hybridized carbons (Fsp3) is 0.500. The van der Waals surface area contributed by atoms with Crippen molar-refractivity contribution < 1.29 is 18.0 Å². The van der Waals surface area contributed by atoms with Crippen molar-refractivity contribution in [1.29, 1.82) is 0 Å². The lowest BCUT2D eigenvalue weighted by Gasteiger charge is -2.25. The molecule has 4 nitrogen and oxygen atoms in total. The van der Waals surface area contributed by atoms with E-state index in [1.807, 2.05) is 0 Å². The van der Waals surface area contributed by atoms with Crippen LogP contribution in [-0.4, -0.2) is 43.7 Å². The summed E-state index contributed by atoms with van der Waals surface area (Å²) < 4.78 is 37.4. The summed E-state index contributed by atoms with van der Waals surface area (Å²) >= 11 is 3.29. The average molecular weight is 455 g/mol. The molecule has 140 valence electrons. The molecule has 24 heavy (non-hydrogen) atoms. The van der Waals surface area contributed by atoms with Crippen molar-refractivity contribution in [2.45, 2.75) is 18.6 Å². The topological polar surface area (TPSA) is 58.4 Å². The van der Waals surface area contributed by atoms with Gasteiger partial charge in [0.05, 0.1) is 6.54 Å². The Morgan fingerprint density at radius 3 is 2.21 bits per heavy atom. The molecule has 10 heteroatoms. The Morgan fingerprint density at radius 1 is 1.25 bits per heavy atom. The lowest BCUT2D eigenvalue weighted by atomic mass is 9.92. The van der Waals surface area contributed by atoms with Crippen LogP contribution in [0, 0.1) is 0 Å². The van der Waals surface area contributed by atoms with Crippen LogP contribution in [0.1, 0.15) is 12.5 Å². The molecule has 0 saturated heterocycles. The first-order valence-corrected chi connectivity index (χ1v) is 7.40. The maximum atomic E-state index is 12.2. The third-order valence-corrected chi connectivity index (χ3v) is 3.67. The number of benzene rings is 1. The summed E-state index contributed by atoms with van der Waals surface area (Å²) in [5, 5.41) is 2.57. The van der Waals surface area contributed by atoms with Crippen LogP contribution < -0.4 is 11.1 Å². The van der Waals surface area contributed by atoms with E-state index in [2.05, 4.69) is 21.2 Å². The molecule has 1 amide bonds. The number of alkyl halides is 3. The van der Waals surface area contributed by atoms with Gasteiger partial charge >= 0.3 is 6.18 Å². The second-order valence-corrected chi connectivity index (χ2v) is 6.23. The lowest BCUT2D eigenvalue weighted by Crippen LogP contribution is -2.50. The molecular weight excluding hydrogens is 434 g/mol. The molecule has 0 spiro atoms. The van der Waals surface area contributed by atoms with Gasteiger partial charge in [-0.05, 0) is 31.7 Å². The van der Waals surface area contributed by atoms with Crippen molar-refractivity contribution in [3.63, 3.8) is 0 Å². The van der Waals surface area contributed by atoms with Crippen LogP contribution in [0.3, 0.4) is 0 Å². The number of carbonyl (C=O) groups excluding carboxylic acids is 1. The molecule has 1 aromatic rings. The van der Waals surface area contributed by atoms with Gasteiger partial charge in [0.25, 0.3) is 0 Å². The van der Waals surface area contributed by atoms with Crippen molar-refractivity contribution in [3.8, 4) is 0 Å². The number of nitrogens with two attached hydrogens (primary N) is 1. The Hall–Kier alpha value is -0.540. The first kappa shape index (κ1) is 25.7. The molecule has 0 radical (unpaired) electrons. The van der Waals surface area contributed by atoms with Crippen molar-refractivity contribution in [2.75, 3.05) is 26.7 Å². The highest BCUT2D eigenvalue weighted by molar-refractivity contribution is 9.10. The van der Waals surface area contributed by atoms with Gasteiger partial charge in [-0.2, -0.15) is 13.2 Å². The largest absolute Gasteiger partial charge is 0.401 e. The number of hydrogen-bond donors (Lipinski definition) is 2. The Kier molecular flexibility index (Phi) is 11.2. The van der Waals surface area contributed by atoms with Gasteiger partial charge in [0.2, 0.25) is 5.91 Å². The molecule has 1 unspecified atom stereocenters. The minimum atomic E-state index is -4.25. The second-order valence-electron chi connectivity index (χ2n) is 5.32. The molecule has 1 atom stereocenters. The highest BCUT2D eigenvalue weighted by atomic mass is 79.9. The number of hydrogen-bond acceptors (Lipinski definition) is 3. The van der Waals surface area contributed by atoms with Crippen LogP contribution >= 0.6 is 40.7 Å². The SMILES string of the molecule is CN(CCNC(=O)C(C)(N)c1ccc(Br)cc1)CC(F)(F)F.Cl.Cl. The molecule has 0 aliphatic rings. The normalized spacial score (nSPS) is 13.5. The summed E-state index contributed by atoms with van der Waals surface area (Å²) in [5.41, 5.74) is 5.40. The summed E-state index contributed by atoms with van der Waals surface area (Å²) in [5.74, 6) is -0.435. The van der Waals surface area contributed by atoms with E-state index in [-0.39, 0.29) is 37.9 Å². The van der Waals surface area contributed by atoms with Crippen LogP contribution in [0.2, 0.25) is 0 Å². The number of carbonyl (C=O) groups is 1. The molecular formula is C14H21BrCl2F3N3O. The fourth-order valence-corrected chi connectivity index (χ4v) is 2.12. The van der Waals surface area contributed by atoms with Gasteiger partial charge < -0.3 is 11.1 Å². The molecule has 0 aliphatic heterocycles. The van der Waals surface area contributed by atoms with Crippen LogP contribution in [-0.2, 0) is 10.3 Å². The van der Waals surface area contributed by atoms with Gasteiger partial charge in [-0.15, -0.1) is 24.8 Å². The van der Waals surface area contributed by atoms with E-state index < -0.39 is 24.2 Å². The van der Waals surface area contributed by atoms with Gasteiger partial charge in [0.1, 0.15) is 5.54 Å². The van der Waals surface area contributed by atoms with Crippen molar-refractivity contribution in [1.82, 2.24) is 10.2 Å². The van der Waals surface area contributed by atoms with Gasteiger partial charge in [-0.25, -0.2) is 0 Å². The Balaban J connectivity index is 0. The maximum Gasteiger partial charge on any atom is 0.401 e. The van der Waals surface area contributed by atoms with Gasteiger partial charge in [-0.3, -0.25) is 9.69 Å². The summed E-state index contributed by atoms with van der Waals surface area (Å²) in [6.07, 6.45) is -4.25. The zero-order valence-corrected chi connectivity index (χ0v) is 16.4. The third kappa shape index (κ3) is 8.53. The average Bonchev–Trinajstić information content (AvgIpc) is 2.36. The second kappa shape index (κ2) is 10.5. The van der Waals surface area contributed by atoms with Crippen LogP contribution in [0.4, 0.5) is 13.2 Å². The van der Waals surface area contributed by atoms with Crippen molar-refractivity contribution >= 4 is 46.7 Å². The van der Waals surface area contributed by atoms with E-state index in [0.29, 0.717) is 5.56 Å². The Bertz CT molecular complexity index is 513. The number of likely N-dealkylation sites (N-methyl/N-ethyl adjacent to an activating group) is 1. The maximum absolute atomic E-state index is 12.2. The Labute approximate surface area is 160 Å². The highest BCUT2D eigenvalue weighted by Crippen LogP contribution is 2.20. The molecule has 0 aliphatic carbocycles. The number of nitrogens with one attached hydrogen (secondary N) is 1. The summed E-state index contributed by atoms with van der Waals surface area (Å²) in [4.78, 5) is 13.2. The number of amides is 1.